The van der Waals surface area contributed by atoms with Gasteiger partial charge in [-0.15, -0.1) is 0 Å². The third-order valence-corrected chi connectivity index (χ3v) is 0.200. The number of carboxylic acids is 2. The molecule has 0 rings (SSSR count). The summed E-state index contributed by atoms with van der Waals surface area (Å²) < 4.78 is 0. The van der Waals surface area contributed by atoms with Crippen LogP contribution in [0.1, 0.15) is 13.8 Å². The van der Waals surface area contributed by atoms with Gasteiger partial charge in [0.2, 0.25) is 0 Å². The molecule has 0 aromatic heterocycles. The molecule has 8 nitrogen and oxygen atoms in total. The standard InChI is InChI=1S/2C2H4O2.2C2H6O2/c2*1-2(3)4;2*3-1-2-4/h2*1H3,(H,3,4);2*3-4H,1-2H2. The van der Waals surface area contributed by atoms with Gasteiger partial charge in [0, 0.05) is 13.8 Å². The molecule has 0 aliphatic carbocycles. The van der Waals surface area contributed by atoms with E-state index in [-0.39, 0.29) is 26.4 Å². The SMILES string of the molecule is CC(=O)O.CC(=O)O.OCCO.OCCO. The predicted octanol–water partition coefficient (Wildman–Crippen LogP) is -1.88. The van der Waals surface area contributed by atoms with Crippen molar-refractivity contribution in [3.05, 3.63) is 0 Å². The number of aliphatic hydroxyl groups excluding tert-OH is 4. The van der Waals surface area contributed by atoms with Crippen molar-refractivity contribution in [3.8, 4) is 0 Å². The van der Waals surface area contributed by atoms with Crippen molar-refractivity contribution in [1.82, 2.24) is 0 Å². The summed E-state index contributed by atoms with van der Waals surface area (Å²) in [7, 11) is 0. The van der Waals surface area contributed by atoms with Gasteiger partial charge in [0.05, 0.1) is 26.4 Å². The van der Waals surface area contributed by atoms with Crippen molar-refractivity contribution in [2.75, 3.05) is 26.4 Å². The van der Waals surface area contributed by atoms with Crippen molar-refractivity contribution in [2.24, 2.45) is 0 Å². The maximum absolute atomic E-state index is 9.00. The molecule has 0 atom stereocenters. The van der Waals surface area contributed by atoms with Gasteiger partial charge in [-0.1, -0.05) is 0 Å². The number of carbonyl (C=O) groups is 2. The summed E-state index contributed by atoms with van der Waals surface area (Å²) in [6.45, 7) is 1.67. The molecule has 0 aromatic carbocycles. The average molecular weight is 244 g/mol. The summed E-state index contributed by atoms with van der Waals surface area (Å²) in [6, 6.07) is 0. The summed E-state index contributed by atoms with van der Waals surface area (Å²) in [5.74, 6) is -1.67. The molecule has 16 heavy (non-hydrogen) atoms. The average Bonchev–Trinajstić information content (AvgIpc) is 2.16. The highest BCUT2D eigenvalue weighted by atomic mass is 16.4. The molecular formula is C8H20O8. The Morgan fingerprint density at radius 3 is 0.750 bits per heavy atom. The lowest BCUT2D eigenvalue weighted by Gasteiger charge is -1.70. The van der Waals surface area contributed by atoms with Gasteiger partial charge in [-0.3, -0.25) is 9.59 Å². The Morgan fingerprint density at radius 2 is 0.750 bits per heavy atom. The molecule has 0 aliphatic heterocycles. The fourth-order valence-electron chi connectivity index (χ4n) is 0. The van der Waals surface area contributed by atoms with Crippen LogP contribution < -0.4 is 0 Å². The van der Waals surface area contributed by atoms with Gasteiger partial charge in [0.1, 0.15) is 0 Å². The third kappa shape index (κ3) is 2910. The van der Waals surface area contributed by atoms with E-state index in [4.69, 9.17) is 40.2 Å². The first-order chi connectivity index (χ1) is 7.29. The Bertz CT molecular complexity index is 108. The maximum Gasteiger partial charge on any atom is 0.300 e. The molecule has 100 valence electrons. The molecule has 0 heterocycles. The largest absolute Gasteiger partial charge is 0.481 e. The van der Waals surface area contributed by atoms with Crippen LogP contribution in [-0.4, -0.2) is 69.0 Å². The summed E-state index contributed by atoms with van der Waals surface area (Å²) >= 11 is 0. The Balaban J connectivity index is -0.0000000600. The molecule has 0 radical (unpaired) electrons. The molecule has 0 aromatic rings. The second kappa shape index (κ2) is 29.2. The number of aliphatic carboxylic acids is 2. The van der Waals surface area contributed by atoms with E-state index in [1.165, 1.54) is 0 Å². The van der Waals surface area contributed by atoms with Crippen LogP contribution in [0.4, 0.5) is 0 Å². The fraction of sp³-hybridized carbons (Fsp3) is 0.750. The smallest absolute Gasteiger partial charge is 0.300 e. The quantitative estimate of drug-likeness (QED) is 0.330. The Kier molecular flexibility index (Phi) is 44.1. The van der Waals surface area contributed by atoms with Gasteiger partial charge in [-0.05, 0) is 0 Å². The van der Waals surface area contributed by atoms with E-state index < -0.39 is 11.9 Å². The monoisotopic (exact) mass is 244 g/mol. The molecule has 0 saturated heterocycles. The van der Waals surface area contributed by atoms with Crippen LogP contribution in [0.25, 0.3) is 0 Å². The number of hydrogen-bond donors (Lipinski definition) is 6. The highest BCUT2D eigenvalue weighted by Crippen LogP contribution is 1.42. The number of rotatable bonds is 2. The van der Waals surface area contributed by atoms with Crippen molar-refractivity contribution in [3.63, 3.8) is 0 Å². The van der Waals surface area contributed by atoms with Gasteiger partial charge >= 0.3 is 0 Å². The molecule has 6 N–H and O–H groups in total. The van der Waals surface area contributed by atoms with E-state index in [1.54, 1.807) is 0 Å². The number of carboxylic acid groups (broad SMARTS) is 2. The van der Waals surface area contributed by atoms with Gasteiger partial charge in [0.15, 0.2) is 0 Å². The minimum Gasteiger partial charge on any atom is -0.481 e. The Hall–Kier alpha value is -1.22. The zero-order chi connectivity index (χ0) is 14.0. The lowest BCUT2D eigenvalue weighted by atomic mass is 10.8. The predicted molar refractivity (Wildman–Crippen MR) is 55.0 cm³/mol. The first-order valence-corrected chi connectivity index (χ1v) is 4.12. The molecule has 0 bridgehead atoms. The highest BCUT2D eigenvalue weighted by molar-refractivity contribution is 5.63. The van der Waals surface area contributed by atoms with Crippen LogP contribution in [-0.2, 0) is 9.59 Å². The number of hydrogen-bond acceptors (Lipinski definition) is 6. The van der Waals surface area contributed by atoms with Gasteiger partial charge in [-0.2, -0.15) is 0 Å². The molecular weight excluding hydrogens is 224 g/mol. The summed E-state index contributed by atoms with van der Waals surface area (Å²) in [4.78, 5) is 18.0. The Morgan fingerprint density at radius 1 is 0.688 bits per heavy atom. The summed E-state index contributed by atoms with van der Waals surface area (Å²) in [5.41, 5.74) is 0. The zero-order valence-electron chi connectivity index (χ0n) is 9.33. The van der Waals surface area contributed by atoms with Gasteiger partial charge in [0.25, 0.3) is 11.9 Å². The van der Waals surface area contributed by atoms with E-state index in [1.807, 2.05) is 0 Å². The van der Waals surface area contributed by atoms with Crippen LogP contribution >= 0.6 is 0 Å². The topological polar surface area (TPSA) is 156 Å². The second-order valence-corrected chi connectivity index (χ2v) is 1.93. The first kappa shape index (κ1) is 24.2. The third-order valence-electron chi connectivity index (χ3n) is 0.200. The fourth-order valence-corrected chi connectivity index (χ4v) is 0. The lowest BCUT2D eigenvalue weighted by molar-refractivity contribution is -0.135. The molecule has 0 unspecified atom stereocenters. The molecule has 0 spiro atoms. The van der Waals surface area contributed by atoms with E-state index in [0.717, 1.165) is 13.8 Å². The van der Waals surface area contributed by atoms with Crippen LogP contribution in [0.15, 0.2) is 0 Å². The number of aliphatic hydroxyl groups is 4. The minimum atomic E-state index is -0.833. The van der Waals surface area contributed by atoms with E-state index in [9.17, 15) is 0 Å². The highest BCUT2D eigenvalue weighted by Gasteiger charge is 1.66. The molecule has 0 saturated carbocycles. The summed E-state index contributed by atoms with van der Waals surface area (Å²) in [5, 5.41) is 45.3. The van der Waals surface area contributed by atoms with Crippen LogP contribution in [0.5, 0.6) is 0 Å². The summed E-state index contributed by atoms with van der Waals surface area (Å²) in [6.07, 6.45) is 0. The van der Waals surface area contributed by atoms with Crippen LogP contribution in [0, 0.1) is 0 Å². The maximum atomic E-state index is 9.00. The van der Waals surface area contributed by atoms with E-state index >= 15 is 0 Å². The van der Waals surface area contributed by atoms with E-state index in [0.29, 0.717) is 0 Å². The van der Waals surface area contributed by atoms with Crippen molar-refractivity contribution < 1.29 is 40.2 Å². The molecule has 0 aliphatic rings. The van der Waals surface area contributed by atoms with Crippen molar-refractivity contribution in [2.45, 2.75) is 13.8 Å². The lowest BCUT2D eigenvalue weighted by Crippen LogP contribution is -1.85. The first-order valence-electron chi connectivity index (χ1n) is 4.12. The van der Waals surface area contributed by atoms with Gasteiger partial charge in [-0.25, -0.2) is 0 Å². The van der Waals surface area contributed by atoms with Crippen LogP contribution in [0.2, 0.25) is 0 Å². The Labute approximate surface area is 93.4 Å². The minimum absolute atomic E-state index is 0.125. The zero-order valence-corrected chi connectivity index (χ0v) is 9.33. The molecule has 8 heteroatoms. The molecule has 0 amide bonds. The van der Waals surface area contributed by atoms with E-state index in [2.05, 4.69) is 0 Å². The van der Waals surface area contributed by atoms with Gasteiger partial charge < -0.3 is 30.6 Å². The normalized spacial score (nSPS) is 6.88. The van der Waals surface area contributed by atoms with Crippen molar-refractivity contribution >= 4 is 11.9 Å². The van der Waals surface area contributed by atoms with Crippen LogP contribution in [0.3, 0.4) is 0 Å². The second-order valence-electron chi connectivity index (χ2n) is 1.93. The molecule has 0 fully saturated rings. The van der Waals surface area contributed by atoms with Crippen molar-refractivity contribution in [1.29, 1.82) is 0 Å².